The average molecular weight is 297 g/mol. The number of benzene rings is 2. The number of nitrogens with one attached hydrogen (secondary N) is 1. The Labute approximate surface area is 126 Å². The zero-order chi connectivity index (χ0) is 15.5. The standard InChI is InChI=1S/C17H13FN2O2/c1-22-15-8-4-13(5-9-15)17(21)20-11-10-19-16(20)12-2-6-14(18)7-3-12/h2-11H,1H3/p+1. The average Bonchev–Trinajstić information content (AvgIpc) is 3.04. The Bertz CT molecular complexity index is 792. The molecule has 1 heterocycles. The third-order valence-electron chi connectivity index (χ3n) is 3.36. The Morgan fingerprint density at radius 2 is 1.77 bits per heavy atom. The molecule has 0 saturated heterocycles. The summed E-state index contributed by atoms with van der Waals surface area (Å²) in [4.78, 5) is 15.6. The molecule has 2 aromatic carbocycles. The van der Waals surface area contributed by atoms with Crippen LogP contribution in [0.15, 0.2) is 60.9 Å². The van der Waals surface area contributed by atoms with Crippen LogP contribution in [0.1, 0.15) is 10.4 Å². The van der Waals surface area contributed by atoms with Gasteiger partial charge in [0.05, 0.1) is 18.2 Å². The zero-order valence-electron chi connectivity index (χ0n) is 11.9. The molecule has 0 fully saturated rings. The number of rotatable bonds is 3. The molecule has 0 aliphatic carbocycles. The Morgan fingerprint density at radius 3 is 2.41 bits per heavy atom. The van der Waals surface area contributed by atoms with E-state index < -0.39 is 0 Å². The maximum atomic E-state index is 13.0. The first-order chi connectivity index (χ1) is 10.7. The minimum atomic E-state index is -0.316. The van der Waals surface area contributed by atoms with E-state index in [2.05, 4.69) is 4.98 Å². The van der Waals surface area contributed by atoms with Gasteiger partial charge in [-0.1, -0.05) is 0 Å². The van der Waals surface area contributed by atoms with E-state index in [1.54, 1.807) is 55.9 Å². The summed E-state index contributed by atoms with van der Waals surface area (Å²) in [5.74, 6) is 0.793. The van der Waals surface area contributed by atoms with Crippen LogP contribution in [0, 0.1) is 5.82 Å². The normalized spacial score (nSPS) is 10.5. The Balaban J connectivity index is 1.96. The van der Waals surface area contributed by atoms with E-state index in [0.717, 1.165) is 5.56 Å². The Kier molecular flexibility index (Phi) is 3.70. The first-order valence-corrected chi connectivity index (χ1v) is 6.73. The number of carbonyl (C=O) groups is 1. The molecule has 0 aliphatic heterocycles. The highest BCUT2D eigenvalue weighted by molar-refractivity contribution is 5.97. The van der Waals surface area contributed by atoms with Crippen molar-refractivity contribution in [2.75, 3.05) is 7.11 Å². The molecule has 0 unspecified atom stereocenters. The van der Waals surface area contributed by atoms with Gasteiger partial charge < -0.3 is 4.74 Å². The van der Waals surface area contributed by atoms with Gasteiger partial charge in [-0.2, -0.15) is 4.57 Å². The molecule has 1 aromatic heterocycles. The van der Waals surface area contributed by atoms with Crippen molar-refractivity contribution in [3.8, 4) is 17.1 Å². The van der Waals surface area contributed by atoms with Crippen LogP contribution in [0.25, 0.3) is 11.4 Å². The molecular formula is C17H14FN2O2+. The van der Waals surface area contributed by atoms with Crippen LogP contribution < -0.4 is 9.72 Å². The summed E-state index contributed by atoms with van der Waals surface area (Å²) in [5, 5.41) is 0. The van der Waals surface area contributed by atoms with Crippen LogP contribution in [0.4, 0.5) is 4.39 Å². The lowest BCUT2D eigenvalue weighted by Crippen LogP contribution is -2.16. The van der Waals surface area contributed by atoms with Gasteiger partial charge in [0.1, 0.15) is 24.0 Å². The SMILES string of the molecule is COc1ccc(C(=O)n2cc[nH+]c2-c2ccc(F)cc2)cc1. The van der Waals surface area contributed by atoms with E-state index in [1.807, 2.05) is 0 Å². The van der Waals surface area contributed by atoms with E-state index in [-0.39, 0.29) is 11.7 Å². The van der Waals surface area contributed by atoms with E-state index >= 15 is 0 Å². The van der Waals surface area contributed by atoms with Gasteiger partial charge >= 0.3 is 5.91 Å². The monoisotopic (exact) mass is 297 g/mol. The fourth-order valence-electron chi connectivity index (χ4n) is 2.21. The van der Waals surface area contributed by atoms with Crippen molar-refractivity contribution < 1.29 is 18.9 Å². The maximum Gasteiger partial charge on any atom is 0.346 e. The predicted molar refractivity (Wildman–Crippen MR) is 79.1 cm³/mol. The lowest BCUT2D eigenvalue weighted by molar-refractivity contribution is -0.363. The Morgan fingerprint density at radius 1 is 1.09 bits per heavy atom. The number of hydrogen-bond donors (Lipinski definition) is 0. The number of nitrogens with zero attached hydrogens (tertiary/aromatic N) is 1. The first-order valence-electron chi connectivity index (χ1n) is 6.73. The van der Waals surface area contributed by atoms with Crippen LogP contribution in [-0.2, 0) is 0 Å². The minimum absolute atomic E-state index is 0.178. The van der Waals surface area contributed by atoms with Gasteiger partial charge in [0.25, 0.3) is 5.82 Å². The number of hydrogen-bond acceptors (Lipinski definition) is 2. The molecule has 0 amide bonds. The second kappa shape index (κ2) is 5.81. The molecule has 110 valence electrons. The fourth-order valence-corrected chi connectivity index (χ4v) is 2.21. The number of H-pyrrole nitrogens is 1. The fraction of sp³-hybridized carbons (Fsp3) is 0.0588. The largest absolute Gasteiger partial charge is 0.497 e. The van der Waals surface area contributed by atoms with Gasteiger partial charge in [-0.25, -0.2) is 14.2 Å². The summed E-state index contributed by atoms with van der Waals surface area (Å²) in [5.41, 5.74) is 1.27. The highest BCUT2D eigenvalue weighted by atomic mass is 19.1. The zero-order valence-corrected chi connectivity index (χ0v) is 11.9. The summed E-state index contributed by atoms with van der Waals surface area (Å²) in [6, 6.07) is 12.8. The number of halogens is 1. The molecule has 0 saturated carbocycles. The predicted octanol–water partition coefficient (Wildman–Crippen LogP) is 2.81. The van der Waals surface area contributed by atoms with Crippen LogP contribution in [0.3, 0.4) is 0 Å². The number of carbonyl (C=O) groups excluding carboxylic acids is 1. The summed E-state index contributed by atoms with van der Waals surface area (Å²) >= 11 is 0. The van der Waals surface area contributed by atoms with Gasteiger partial charge in [0.2, 0.25) is 0 Å². The van der Waals surface area contributed by atoms with E-state index in [1.165, 1.54) is 16.7 Å². The maximum absolute atomic E-state index is 13.0. The third kappa shape index (κ3) is 2.61. The van der Waals surface area contributed by atoms with E-state index in [0.29, 0.717) is 17.1 Å². The lowest BCUT2D eigenvalue weighted by Gasteiger charge is -2.02. The molecular weight excluding hydrogens is 283 g/mol. The summed E-state index contributed by atoms with van der Waals surface area (Å²) in [7, 11) is 1.57. The highest BCUT2D eigenvalue weighted by Gasteiger charge is 2.21. The molecule has 3 rings (SSSR count). The van der Waals surface area contributed by atoms with Crippen LogP contribution in [-0.4, -0.2) is 17.6 Å². The third-order valence-corrected chi connectivity index (χ3v) is 3.36. The van der Waals surface area contributed by atoms with Crippen molar-refractivity contribution in [3.05, 3.63) is 72.3 Å². The van der Waals surface area contributed by atoms with E-state index in [4.69, 9.17) is 4.74 Å². The summed E-state index contributed by atoms with van der Waals surface area (Å²) in [6.45, 7) is 0. The second-order valence-electron chi connectivity index (χ2n) is 4.72. The van der Waals surface area contributed by atoms with Crippen molar-refractivity contribution in [2.24, 2.45) is 0 Å². The molecule has 0 spiro atoms. The molecule has 0 bridgehead atoms. The number of aromatic nitrogens is 2. The number of methoxy groups -OCH3 is 1. The van der Waals surface area contributed by atoms with Gasteiger partial charge in [0, 0.05) is 0 Å². The molecule has 0 radical (unpaired) electrons. The minimum Gasteiger partial charge on any atom is -0.497 e. The molecule has 22 heavy (non-hydrogen) atoms. The van der Waals surface area contributed by atoms with Crippen molar-refractivity contribution in [2.45, 2.75) is 0 Å². The lowest BCUT2D eigenvalue weighted by atomic mass is 10.1. The number of ether oxygens (including phenoxy) is 1. The summed E-state index contributed by atoms with van der Waals surface area (Å²) < 4.78 is 19.6. The van der Waals surface area contributed by atoms with Crippen molar-refractivity contribution in [3.63, 3.8) is 0 Å². The number of aromatic amines is 1. The van der Waals surface area contributed by atoms with Gasteiger partial charge in [-0.3, -0.25) is 0 Å². The smallest absolute Gasteiger partial charge is 0.346 e. The summed E-state index contributed by atoms with van der Waals surface area (Å²) in [6.07, 6.45) is 3.31. The van der Waals surface area contributed by atoms with Gasteiger partial charge in [-0.05, 0) is 48.5 Å². The molecule has 0 atom stereocenters. The second-order valence-corrected chi connectivity index (χ2v) is 4.72. The molecule has 5 heteroatoms. The van der Waals surface area contributed by atoms with Gasteiger partial charge in [0.15, 0.2) is 0 Å². The highest BCUT2D eigenvalue weighted by Crippen LogP contribution is 2.18. The first kappa shape index (κ1) is 14.0. The van der Waals surface area contributed by atoms with Crippen LogP contribution in [0.2, 0.25) is 0 Å². The van der Waals surface area contributed by atoms with Gasteiger partial charge in [-0.15, -0.1) is 0 Å². The van der Waals surface area contributed by atoms with Crippen molar-refractivity contribution in [1.82, 2.24) is 4.57 Å². The molecule has 4 nitrogen and oxygen atoms in total. The molecule has 3 aromatic rings. The molecule has 0 aliphatic rings. The Hall–Kier alpha value is -2.95. The number of imidazole rings is 1. The van der Waals surface area contributed by atoms with Crippen molar-refractivity contribution >= 4 is 5.91 Å². The van der Waals surface area contributed by atoms with Crippen molar-refractivity contribution in [1.29, 1.82) is 0 Å². The van der Waals surface area contributed by atoms with Crippen LogP contribution >= 0.6 is 0 Å². The van der Waals surface area contributed by atoms with E-state index in [9.17, 15) is 9.18 Å². The quantitative estimate of drug-likeness (QED) is 0.746. The molecule has 1 N–H and O–H groups in total. The van der Waals surface area contributed by atoms with Crippen LogP contribution in [0.5, 0.6) is 5.75 Å². The topological polar surface area (TPSA) is 45.4 Å².